The summed E-state index contributed by atoms with van der Waals surface area (Å²) in [4.78, 5) is 2.40. The van der Waals surface area contributed by atoms with Gasteiger partial charge < -0.3 is 15.3 Å². The third-order valence-corrected chi connectivity index (χ3v) is 4.59. The van der Waals surface area contributed by atoms with Crippen LogP contribution in [0.2, 0.25) is 0 Å². The van der Waals surface area contributed by atoms with Gasteiger partial charge in [0.15, 0.2) is 0 Å². The number of fused-ring (bicyclic) bond motifs is 1. The highest BCUT2D eigenvalue weighted by Crippen LogP contribution is 2.27. The monoisotopic (exact) mass is 284 g/mol. The van der Waals surface area contributed by atoms with E-state index < -0.39 is 0 Å². The van der Waals surface area contributed by atoms with Gasteiger partial charge in [0, 0.05) is 12.1 Å². The molecule has 0 amide bonds. The van der Waals surface area contributed by atoms with Gasteiger partial charge in [-0.2, -0.15) is 0 Å². The minimum absolute atomic E-state index is 0.393. The second-order valence-corrected chi connectivity index (χ2v) is 6.16. The van der Waals surface area contributed by atoms with Crippen molar-refractivity contribution in [3.8, 4) is 5.75 Å². The number of hydrogen-bond acceptors (Lipinski definition) is 3. The van der Waals surface area contributed by atoms with Crippen molar-refractivity contribution in [3.05, 3.63) is 42.0 Å². The van der Waals surface area contributed by atoms with E-state index in [9.17, 15) is 5.11 Å². The molecule has 2 aromatic carbocycles. The van der Waals surface area contributed by atoms with Gasteiger partial charge in [0.25, 0.3) is 0 Å². The summed E-state index contributed by atoms with van der Waals surface area (Å²) in [6.45, 7) is 4.17. The lowest BCUT2D eigenvalue weighted by atomic mass is 9.97. The number of nitrogens with zero attached hydrogens (tertiary/aromatic N) is 1. The molecule has 0 unspecified atom stereocenters. The summed E-state index contributed by atoms with van der Waals surface area (Å²) < 4.78 is 0. The average molecular weight is 284 g/mol. The smallest absolute Gasteiger partial charge is 0.120 e. The van der Waals surface area contributed by atoms with E-state index in [1.54, 1.807) is 6.07 Å². The first-order chi connectivity index (χ1) is 10.2. The molecule has 3 heteroatoms. The van der Waals surface area contributed by atoms with Crippen LogP contribution in [-0.4, -0.2) is 36.7 Å². The van der Waals surface area contributed by atoms with Gasteiger partial charge in [-0.3, -0.25) is 0 Å². The number of hydrogen-bond donors (Lipinski definition) is 2. The molecule has 0 aromatic heterocycles. The van der Waals surface area contributed by atoms with Crippen molar-refractivity contribution in [1.82, 2.24) is 10.2 Å². The second kappa shape index (κ2) is 6.46. The summed E-state index contributed by atoms with van der Waals surface area (Å²) in [6, 6.07) is 12.0. The van der Waals surface area contributed by atoms with Gasteiger partial charge in [-0.15, -0.1) is 0 Å². The minimum atomic E-state index is 0.393. The molecule has 1 heterocycles. The Balaban J connectivity index is 1.64. The lowest BCUT2D eigenvalue weighted by Gasteiger charge is -2.29. The summed E-state index contributed by atoms with van der Waals surface area (Å²) in [5.74, 6) is 1.16. The van der Waals surface area contributed by atoms with Gasteiger partial charge in [0.05, 0.1) is 0 Å². The van der Waals surface area contributed by atoms with Crippen molar-refractivity contribution in [3.63, 3.8) is 0 Å². The summed E-state index contributed by atoms with van der Waals surface area (Å²) >= 11 is 0. The summed E-state index contributed by atoms with van der Waals surface area (Å²) in [7, 11) is 2.19. The predicted octanol–water partition coefficient (Wildman–Crippen LogP) is 2.98. The summed E-state index contributed by atoms with van der Waals surface area (Å²) in [5.41, 5.74) is 1.01. The highest BCUT2D eigenvalue weighted by atomic mass is 16.3. The van der Waals surface area contributed by atoms with Crippen LogP contribution < -0.4 is 5.32 Å². The van der Waals surface area contributed by atoms with E-state index in [1.165, 1.54) is 31.3 Å². The normalized spacial score (nSPS) is 17.4. The average Bonchev–Trinajstić information content (AvgIpc) is 2.51. The Hall–Kier alpha value is -1.58. The van der Waals surface area contributed by atoms with Crippen LogP contribution in [0.5, 0.6) is 5.75 Å². The zero-order chi connectivity index (χ0) is 14.7. The summed E-state index contributed by atoms with van der Waals surface area (Å²) in [5, 5.41) is 16.0. The molecule has 2 N–H and O–H groups in total. The summed E-state index contributed by atoms with van der Waals surface area (Å²) in [6.07, 6.45) is 2.54. The van der Waals surface area contributed by atoms with Crippen LogP contribution in [0.4, 0.5) is 0 Å². The van der Waals surface area contributed by atoms with Gasteiger partial charge in [-0.05, 0) is 62.3 Å². The van der Waals surface area contributed by atoms with Gasteiger partial charge >= 0.3 is 0 Å². The maximum absolute atomic E-state index is 10.1. The zero-order valence-electron chi connectivity index (χ0n) is 12.7. The topological polar surface area (TPSA) is 35.5 Å². The molecule has 0 spiro atoms. The Morgan fingerprint density at radius 2 is 1.90 bits per heavy atom. The Morgan fingerprint density at radius 3 is 2.71 bits per heavy atom. The van der Waals surface area contributed by atoms with Crippen LogP contribution in [0.15, 0.2) is 36.4 Å². The lowest BCUT2D eigenvalue weighted by Crippen LogP contribution is -2.34. The number of piperidine rings is 1. The molecule has 1 aliphatic rings. The van der Waals surface area contributed by atoms with Crippen LogP contribution in [0.3, 0.4) is 0 Å². The number of rotatable bonds is 4. The van der Waals surface area contributed by atoms with Gasteiger partial charge in [-0.1, -0.05) is 30.3 Å². The molecule has 0 radical (unpaired) electrons. The molecule has 112 valence electrons. The molecule has 1 saturated heterocycles. The van der Waals surface area contributed by atoms with E-state index in [0.29, 0.717) is 5.75 Å². The number of benzene rings is 2. The van der Waals surface area contributed by atoms with E-state index in [4.69, 9.17) is 0 Å². The van der Waals surface area contributed by atoms with Crippen molar-refractivity contribution >= 4 is 10.8 Å². The fraction of sp³-hybridized carbons (Fsp3) is 0.444. The SMILES string of the molecule is CN1CCC(CNCc2c(O)ccc3ccccc23)CC1. The van der Waals surface area contributed by atoms with Crippen molar-refractivity contribution in [2.24, 2.45) is 5.92 Å². The second-order valence-electron chi connectivity index (χ2n) is 6.16. The highest BCUT2D eigenvalue weighted by molar-refractivity contribution is 5.87. The van der Waals surface area contributed by atoms with Crippen LogP contribution in [-0.2, 0) is 6.54 Å². The molecule has 0 aliphatic carbocycles. The number of nitrogens with one attached hydrogen (secondary N) is 1. The quantitative estimate of drug-likeness (QED) is 0.906. The van der Waals surface area contributed by atoms with E-state index in [-0.39, 0.29) is 0 Å². The number of likely N-dealkylation sites (tertiary alicyclic amines) is 1. The molecule has 21 heavy (non-hydrogen) atoms. The van der Waals surface area contributed by atoms with Crippen LogP contribution in [0.25, 0.3) is 10.8 Å². The van der Waals surface area contributed by atoms with E-state index in [1.807, 2.05) is 18.2 Å². The zero-order valence-corrected chi connectivity index (χ0v) is 12.7. The first-order valence-corrected chi connectivity index (χ1v) is 7.83. The standard InChI is InChI=1S/C18H24N2O/c1-20-10-8-14(9-11-20)12-19-13-17-16-5-3-2-4-15(16)6-7-18(17)21/h2-7,14,19,21H,8-13H2,1H3. The Bertz CT molecular complexity index is 603. The van der Waals surface area contributed by atoms with Gasteiger partial charge in [0.2, 0.25) is 0 Å². The number of phenolic OH excluding ortho intramolecular Hbond substituents is 1. The largest absolute Gasteiger partial charge is 0.508 e. The third kappa shape index (κ3) is 3.36. The molecule has 3 nitrogen and oxygen atoms in total. The van der Waals surface area contributed by atoms with Gasteiger partial charge in [-0.25, -0.2) is 0 Å². The molecule has 3 rings (SSSR count). The molecule has 0 atom stereocenters. The number of phenols is 1. The van der Waals surface area contributed by atoms with Crippen LogP contribution in [0.1, 0.15) is 18.4 Å². The Morgan fingerprint density at radius 1 is 1.14 bits per heavy atom. The molecule has 0 saturated carbocycles. The minimum Gasteiger partial charge on any atom is -0.508 e. The molecule has 1 aliphatic heterocycles. The molecule has 2 aromatic rings. The van der Waals surface area contributed by atoms with E-state index in [2.05, 4.69) is 29.4 Å². The Labute approximate surface area is 126 Å². The van der Waals surface area contributed by atoms with Gasteiger partial charge in [0.1, 0.15) is 5.75 Å². The molecule has 1 fully saturated rings. The first-order valence-electron chi connectivity index (χ1n) is 7.83. The van der Waals surface area contributed by atoms with Crippen molar-refractivity contribution < 1.29 is 5.11 Å². The third-order valence-electron chi connectivity index (χ3n) is 4.59. The van der Waals surface area contributed by atoms with Crippen molar-refractivity contribution in [1.29, 1.82) is 0 Å². The fourth-order valence-corrected chi connectivity index (χ4v) is 3.18. The fourth-order valence-electron chi connectivity index (χ4n) is 3.18. The maximum Gasteiger partial charge on any atom is 0.120 e. The van der Waals surface area contributed by atoms with Crippen molar-refractivity contribution in [2.45, 2.75) is 19.4 Å². The van der Waals surface area contributed by atoms with Crippen LogP contribution in [0, 0.1) is 5.92 Å². The molecular weight excluding hydrogens is 260 g/mol. The van der Waals surface area contributed by atoms with Crippen molar-refractivity contribution in [2.75, 3.05) is 26.7 Å². The molecule has 0 bridgehead atoms. The Kier molecular flexibility index (Phi) is 4.42. The highest BCUT2D eigenvalue weighted by Gasteiger charge is 2.16. The molecular formula is C18H24N2O. The van der Waals surface area contributed by atoms with E-state index >= 15 is 0 Å². The van der Waals surface area contributed by atoms with E-state index in [0.717, 1.165) is 30.0 Å². The maximum atomic E-state index is 10.1. The van der Waals surface area contributed by atoms with Crippen LogP contribution >= 0.6 is 0 Å². The first kappa shape index (κ1) is 14.4. The predicted molar refractivity (Wildman–Crippen MR) is 87.5 cm³/mol. The lowest BCUT2D eigenvalue weighted by molar-refractivity contribution is 0.216. The number of aromatic hydroxyl groups is 1.